The van der Waals surface area contributed by atoms with Crippen molar-refractivity contribution in [2.24, 2.45) is 0 Å². The summed E-state index contributed by atoms with van der Waals surface area (Å²) in [6, 6.07) is -0.557. The predicted octanol–water partition coefficient (Wildman–Crippen LogP) is 6.66. The number of benzene rings is 2. The largest absolute Gasteiger partial charge is 0.426 e. The molecule has 192 valence electrons. The average Bonchev–Trinajstić information content (AvgIpc) is 2.64. The van der Waals surface area contributed by atoms with Gasteiger partial charge in [-0.15, -0.1) is 0 Å². The lowest BCUT2D eigenvalue weighted by Crippen LogP contribution is -2.19. The summed E-state index contributed by atoms with van der Waals surface area (Å²) in [7, 11) is 0. The Morgan fingerprint density at radius 2 is 0.714 bits per heavy atom. The molecule has 0 radical (unpaired) electrons. The minimum atomic E-state index is -5.29. The van der Waals surface area contributed by atoms with Gasteiger partial charge < -0.3 is 9.47 Å². The second kappa shape index (κ2) is 9.30. The minimum absolute atomic E-state index is 0.000878. The summed E-state index contributed by atoms with van der Waals surface area (Å²) < 4.78 is 162. The van der Waals surface area contributed by atoms with Gasteiger partial charge in [-0.3, -0.25) is 9.59 Å². The van der Waals surface area contributed by atoms with Crippen LogP contribution in [0.5, 0.6) is 11.5 Å². The van der Waals surface area contributed by atoms with Gasteiger partial charge in [-0.05, 0) is 36.4 Å². The van der Waals surface area contributed by atoms with Crippen molar-refractivity contribution in [3.63, 3.8) is 0 Å². The molecule has 0 spiro atoms. The summed E-state index contributed by atoms with van der Waals surface area (Å²) in [5, 5.41) is 0. The molecule has 2 aromatic rings. The van der Waals surface area contributed by atoms with E-state index in [1.807, 2.05) is 0 Å². The number of halogens is 12. The fraction of sp³-hybridized carbons (Fsp3) is 0.263. The Kier molecular flexibility index (Phi) is 7.38. The maximum atomic E-state index is 12.8. The van der Waals surface area contributed by atoms with Crippen LogP contribution < -0.4 is 9.47 Å². The fourth-order valence-corrected chi connectivity index (χ4v) is 2.42. The van der Waals surface area contributed by atoms with Crippen LogP contribution in [-0.2, 0) is 34.3 Å². The highest BCUT2D eigenvalue weighted by Gasteiger charge is 2.39. The maximum absolute atomic E-state index is 12.8. The smallest absolute Gasteiger partial charge is 0.416 e. The molecular formula is C19H8F12O4. The first-order valence-corrected chi connectivity index (χ1v) is 8.66. The van der Waals surface area contributed by atoms with Crippen molar-refractivity contribution < 1.29 is 71.7 Å². The molecule has 4 nitrogen and oxygen atoms in total. The van der Waals surface area contributed by atoms with Gasteiger partial charge in [0.2, 0.25) is 0 Å². The highest BCUT2D eigenvalue weighted by atomic mass is 19.4. The summed E-state index contributed by atoms with van der Waals surface area (Å²) >= 11 is 0. The molecule has 16 heteroatoms. The van der Waals surface area contributed by atoms with E-state index in [4.69, 9.17) is 0 Å². The maximum Gasteiger partial charge on any atom is 0.416 e. The van der Waals surface area contributed by atoms with E-state index in [1.54, 1.807) is 0 Å². The number of carbonyl (C=O) groups is 2. The molecule has 0 fully saturated rings. The van der Waals surface area contributed by atoms with Crippen LogP contribution in [0.25, 0.3) is 0 Å². The van der Waals surface area contributed by atoms with E-state index in [9.17, 15) is 62.3 Å². The number of carbonyl (C=O) groups excluding carboxylic acids is 2. The Balaban J connectivity index is 2.23. The zero-order chi connectivity index (χ0) is 27.0. The second-order valence-electron chi connectivity index (χ2n) is 6.61. The molecule has 0 saturated heterocycles. The van der Waals surface area contributed by atoms with Crippen molar-refractivity contribution in [3.05, 3.63) is 58.7 Å². The van der Waals surface area contributed by atoms with Gasteiger partial charge in [0.1, 0.15) is 17.9 Å². The topological polar surface area (TPSA) is 52.6 Å². The van der Waals surface area contributed by atoms with Crippen molar-refractivity contribution in [2.75, 3.05) is 0 Å². The van der Waals surface area contributed by atoms with Crippen LogP contribution >= 0.6 is 0 Å². The number of hydrogen-bond donors (Lipinski definition) is 0. The first-order chi connectivity index (χ1) is 15.7. The Morgan fingerprint density at radius 1 is 0.486 bits per heavy atom. The van der Waals surface area contributed by atoms with Crippen LogP contribution in [0.2, 0.25) is 0 Å². The molecule has 0 aliphatic rings. The normalized spacial score (nSPS) is 12.9. The molecule has 0 saturated carbocycles. The molecule has 0 aromatic heterocycles. The molecule has 35 heavy (non-hydrogen) atoms. The van der Waals surface area contributed by atoms with E-state index in [1.165, 1.54) is 0 Å². The molecule has 0 N–H and O–H groups in total. The summed E-state index contributed by atoms with van der Waals surface area (Å²) in [5.41, 5.74) is -7.44. The molecule has 0 atom stereocenters. The van der Waals surface area contributed by atoms with Crippen molar-refractivity contribution in [3.8, 4) is 11.5 Å². The molecule has 2 aromatic carbocycles. The minimum Gasteiger partial charge on any atom is -0.426 e. The molecular weight excluding hydrogens is 520 g/mol. The van der Waals surface area contributed by atoms with Gasteiger partial charge in [0.05, 0.1) is 22.3 Å². The summed E-state index contributed by atoms with van der Waals surface area (Å²) in [6.07, 6.45) is -22.8. The fourth-order valence-electron chi connectivity index (χ4n) is 2.42. The zero-order valence-corrected chi connectivity index (χ0v) is 16.3. The van der Waals surface area contributed by atoms with Crippen LogP contribution in [0.4, 0.5) is 52.7 Å². The van der Waals surface area contributed by atoms with Gasteiger partial charge in [-0.25, -0.2) is 0 Å². The monoisotopic (exact) mass is 528 g/mol. The third-order valence-electron chi connectivity index (χ3n) is 3.87. The first kappa shape index (κ1) is 27.8. The zero-order valence-electron chi connectivity index (χ0n) is 16.3. The Bertz CT molecular complexity index is 959. The van der Waals surface area contributed by atoms with Gasteiger partial charge in [0.15, 0.2) is 0 Å². The quantitative estimate of drug-likeness (QED) is 0.193. The van der Waals surface area contributed by atoms with Crippen molar-refractivity contribution in [1.82, 2.24) is 0 Å². The number of hydrogen-bond acceptors (Lipinski definition) is 4. The SMILES string of the molecule is O=C(CC(=O)Oc1cc(C(F)(F)F)cc(C(F)(F)F)c1)Oc1cc(C(F)(F)F)cc(C(F)(F)F)c1. The lowest BCUT2D eigenvalue weighted by molar-refractivity contribution is -0.148. The third kappa shape index (κ3) is 7.78. The Labute approximate surface area is 186 Å². The summed E-state index contributed by atoms with van der Waals surface area (Å²) in [6.45, 7) is 0. The van der Waals surface area contributed by atoms with E-state index in [2.05, 4.69) is 9.47 Å². The van der Waals surface area contributed by atoms with Gasteiger partial charge >= 0.3 is 36.6 Å². The van der Waals surface area contributed by atoms with Gasteiger partial charge in [0.25, 0.3) is 0 Å². The van der Waals surface area contributed by atoms with E-state index in [0.717, 1.165) is 0 Å². The molecule has 0 aliphatic heterocycles. The Morgan fingerprint density at radius 3 is 0.914 bits per heavy atom. The lowest BCUT2D eigenvalue weighted by Gasteiger charge is -2.15. The van der Waals surface area contributed by atoms with Crippen LogP contribution in [0.1, 0.15) is 28.7 Å². The highest BCUT2D eigenvalue weighted by molar-refractivity contribution is 5.93. The number of ether oxygens (including phenoxy) is 2. The van der Waals surface area contributed by atoms with Crippen LogP contribution in [0.15, 0.2) is 36.4 Å². The van der Waals surface area contributed by atoms with Crippen molar-refractivity contribution in [1.29, 1.82) is 0 Å². The highest BCUT2D eigenvalue weighted by Crippen LogP contribution is 2.39. The third-order valence-corrected chi connectivity index (χ3v) is 3.87. The van der Waals surface area contributed by atoms with Gasteiger partial charge in [0, 0.05) is 0 Å². The average molecular weight is 528 g/mol. The standard InChI is InChI=1S/C19H8F12O4/c20-16(21,22)8-1-9(17(23,24)25)4-12(3-8)34-14(32)7-15(33)35-13-5-10(18(26,27)28)2-11(6-13)19(29,30)31/h1-6H,7H2. The van der Waals surface area contributed by atoms with Gasteiger partial charge in [-0.1, -0.05) is 0 Å². The van der Waals surface area contributed by atoms with Crippen LogP contribution in [0.3, 0.4) is 0 Å². The Hall–Kier alpha value is -3.46. The first-order valence-electron chi connectivity index (χ1n) is 8.66. The summed E-state index contributed by atoms with van der Waals surface area (Å²) in [4.78, 5) is 23.5. The summed E-state index contributed by atoms with van der Waals surface area (Å²) in [5.74, 6) is -6.21. The predicted molar refractivity (Wildman–Crippen MR) is 88.8 cm³/mol. The molecule has 2 rings (SSSR count). The van der Waals surface area contributed by atoms with E-state index >= 15 is 0 Å². The van der Waals surface area contributed by atoms with Crippen molar-refractivity contribution >= 4 is 11.9 Å². The van der Waals surface area contributed by atoms with E-state index < -0.39 is 76.8 Å². The van der Waals surface area contributed by atoms with Crippen molar-refractivity contribution in [2.45, 2.75) is 31.1 Å². The number of esters is 2. The van der Waals surface area contributed by atoms with Crippen LogP contribution in [-0.4, -0.2) is 11.9 Å². The molecule has 0 unspecified atom stereocenters. The lowest BCUT2D eigenvalue weighted by atomic mass is 10.1. The molecule has 0 aliphatic carbocycles. The van der Waals surface area contributed by atoms with E-state index in [-0.39, 0.29) is 36.4 Å². The second-order valence-corrected chi connectivity index (χ2v) is 6.61. The number of alkyl halides is 12. The molecule has 0 heterocycles. The number of rotatable bonds is 4. The molecule has 0 amide bonds. The van der Waals surface area contributed by atoms with Gasteiger partial charge in [-0.2, -0.15) is 52.7 Å². The molecule has 0 bridgehead atoms. The van der Waals surface area contributed by atoms with Crippen LogP contribution in [0, 0.1) is 0 Å². The van der Waals surface area contributed by atoms with E-state index in [0.29, 0.717) is 0 Å².